The van der Waals surface area contributed by atoms with E-state index in [-0.39, 0.29) is 0 Å². The fourth-order valence-electron chi connectivity index (χ4n) is 1.78. The lowest BCUT2D eigenvalue weighted by Crippen LogP contribution is -2.11. The first-order valence-electron chi connectivity index (χ1n) is 5.91. The number of hydrogen-bond donors (Lipinski definition) is 1. The summed E-state index contributed by atoms with van der Waals surface area (Å²) in [7, 11) is 4.17. The maximum absolute atomic E-state index is 5.81. The summed E-state index contributed by atoms with van der Waals surface area (Å²) in [6.07, 6.45) is 0. The van der Waals surface area contributed by atoms with Crippen molar-refractivity contribution in [1.29, 1.82) is 0 Å². The van der Waals surface area contributed by atoms with Gasteiger partial charge in [0.05, 0.1) is 0 Å². The van der Waals surface area contributed by atoms with Crippen LogP contribution in [0.4, 0.5) is 5.69 Å². The average molecular weight is 258 g/mol. The second kappa shape index (κ2) is 5.94. The van der Waals surface area contributed by atoms with Gasteiger partial charge in [0.15, 0.2) is 0 Å². The molecule has 0 heterocycles. The SMILES string of the molecule is CN(C)Cc1ccccc1Sc1cccc(N)c1. The first kappa shape index (κ1) is 13.0. The Labute approximate surface area is 113 Å². The van der Waals surface area contributed by atoms with Gasteiger partial charge in [0.2, 0.25) is 0 Å². The molecule has 0 aliphatic carbocycles. The average Bonchev–Trinajstić information content (AvgIpc) is 2.31. The van der Waals surface area contributed by atoms with E-state index < -0.39 is 0 Å². The quantitative estimate of drug-likeness (QED) is 0.851. The molecular weight excluding hydrogens is 240 g/mol. The molecule has 0 saturated heterocycles. The summed E-state index contributed by atoms with van der Waals surface area (Å²) in [6.45, 7) is 0.950. The fraction of sp³-hybridized carbons (Fsp3) is 0.200. The minimum Gasteiger partial charge on any atom is -0.399 e. The van der Waals surface area contributed by atoms with Gasteiger partial charge in [-0.05, 0) is 43.9 Å². The van der Waals surface area contributed by atoms with Crippen LogP contribution in [0.25, 0.3) is 0 Å². The summed E-state index contributed by atoms with van der Waals surface area (Å²) < 4.78 is 0. The maximum Gasteiger partial charge on any atom is 0.0325 e. The number of nitrogens with zero attached hydrogens (tertiary/aromatic N) is 1. The van der Waals surface area contributed by atoms with Gasteiger partial charge < -0.3 is 10.6 Å². The standard InChI is InChI=1S/C15H18N2S/c1-17(2)11-12-6-3-4-9-15(12)18-14-8-5-7-13(16)10-14/h3-10H,11,16H2,1-2H3. The third-order valence-electron chi connectivity index (χ3n) is 2.55. The van der Waals surface area contributed by atoms with Gasteiger partial charge in [-0.1, -0.05) is 36.0 Å². The van der Waals surface area contributed by atoms with Crippen LogP contribution in [0.1, 0.15) is 5.56 Å². The van der Waals surface area contributed by atoms with E-state index in [0.717, 1.165) is 12.2 Å². The zero-order valence-electron chi connectivity index (χ0n) is 10.8. The van der Waals surface area contributed by atoms with Crippen molar-refractivity contribution in [2.45, 2.75) is 16.3 Å². The highest BCUT2D eigenvalue weighted by atomic mass is 32.2. The molecule has 0 fully saturated rings. The van der Waals surface area contributed by atoms with Crippen molar-refractivity contribution in [3.05, 3.63) is 54.1 Å². The largest absolute Gasteiger partial charge is 0.399 e. The number of nitrogens with two attached hydrogens (primary N) is 1. The second-order valence-electron chi connectivity index (χ2n) is 4.52. The summed E-state index contributed by atoms with van der Waals surface area (Å²) in [5.74, 6) is 0. The molecular formula is C15H18N2S. The predicted octanol–water partition coefficient (Wildman–Crippen LogP) is 3.48. The Balaban J connectivity index is 2.23. The van der Waals surface area contributed by atoms with Gasteiger partial charge in [-0.3, -0.25) is 0 Å². The topological polar surface area (TPSA) is 29.3 Å². The smallest absolute Gasteiger partial charge is 0.0325 e. The minimum atomic E-state index is 0.810. The van der Waals surface area contributed by atoms with E-state index in [9.17, 15) is 0 Å². The summed E-state index contributed by atoms with van der Waals surface area (Å²) >= 11 is 1.76. The molecule has 2 N–H and O–H groups in total. The molecule has 2 aromatic carbocycles. The molecule has 0 bridgehead atoms. The highest BCUT2D eigenvalue weighted by Crippen LogP contribution is 2.31. The first-order chi connectivity index (χ1) is 8.65. The Hall–Kier alpha value is -1.45. The number of rotatable bonds is 4. The Morgan fingerprint density at radius 2 is 1.83 bits per heavy atom. The minimum absolute atomic E-state index is 0.810. The Morgan fingerprint density at radius 1 is 1.06 bits per heavy atom. The molecule has 2 aromatic rings. The second-order valence-corrected chi connectivity index (χ2v) is 5.64. The van der Waals surface area contributed by atoms with Gasteiger partial charge >= 0.3 is 0 Å². The Bertz CT molecular complexity index is 523. The molecule has 94 valence electrons. The van der Waals surface area contributed by atoms with Crippen LogP contribution >= 0.6 is 11.8 Å². The van der Waals surface area contributed by atoms with Crippen molar-refractivity contribution in [3.8, 4) is 0 Å². The predicted molar refractivity (Wildman–Crippen MR) is 78.8 cm³/mol. The van der Waals surface area contributed by atoms with Crippen LogP contribution in [0.15, 0.2) is 58.3 Å². The number of nitrogen functional groups attached to an aromatic ring is 1. The van der Waals surface area contributed by atoms with Gasteiger partial charge in [0.1, 0.15) is 0 Å². The monoisotopic (exact) mass is 258 g/mol. The van der Waals surface area contributed by atoms with E-state index in [0.29, 0.717) is 0 Å². The molecule has 0 saturated carbocycles. The lowest BCUT2D eigenvalue weighted by atomic mass is 10.2. The number of anilines is 1. The third-order valence-corrected chi connectivity index (χ3v) is 3.65. The van der Waals surface area contributed by atoms with Crippen molar-refractivity contribution in [1.82, 2.24) is 4.90 Å². The molecule has 0 amide bonds. The van der Waals surface area contributed by atoms with Crippen molar-refractivity contribution < 1.29 is 0 Å². The Morgan fingerprint density at radius 3 is 2.56 bits per heavy atom. The molecule has 3 heteroatoms. The van der Waals surface area contributed by atoms with E-state index in [1.165, 1.54) is 15.4 Å². The van der Waals surface area contributed by atoms with Crippen molar-refractivity contribution in [2.24, 2.45) is 0 Å². The van der Waals surface area contributed by atoms with Crippen LogP contribution in [-0.2, 0) is 6.54 Å². The first-order valence-corrected chi connectivity index (χ1v) is 6.73. The van der Waals surface area contributed by atoms with Crippen molar-refractivity contribution in [3.63, 3.8) is 0 Å². The number of hydrogen-bond acceptors (Lipinski definition) is 3. The van der Waals surface area contributed by atoms with Crippen LogP contribution < -0.4 is 5.73 Å². The van der Waals surface area contributed by atoms with E-state index in [4.69, 9.17) is 5.73 Å². The van der Waals surface area contributed by atoms with Crippen LogP contribution in [0, 0.1) is 0 Å². The molecule has 0 radical (unpaired) electrons. The van der Waals surface area contributed by atoms with Crippen molar-refractivity contribution >= 4 is 17.4 Å². The lowest BCUT2D eigenvalue weighted by molar-refractivity contribution is 0.399. The molecule has 18 heavy (non-hydrogen) atoms. The van der Waals surface area contributed by atoms with Crippen LogP contribution in [0.5, 0.6) is 0 Å². The summed E-state index contributed by atoms with van der Waals surface area (Å²) in [4.78, 5) is 4.65. The molecule has 0 aliphatic rings. The maximum atomic E-state index is 5.81. The van der Waals surface area contributed by atoms with Crippen LogP contribution in [0.3, 0.4) is 0 Å². The highest BCUT2D eigenvalue weighted by Gasteiger charge is 2.05. The van der Waals surface area contributed by atoms with E-state index in [2.05, 4.69) is 49.3 Å². The summed E-state index contributed by atoms with van der Waals surface area (Å²) in [5, 5.41) is 0. The molecule has 0 spiro atoms. The van der Waals surface area contributed by atoms with Gasteiger partial charge in [-0.2, -0.15) is 0 Å². The normalized spacial score (nSPS) is 10.8. The molecule has 2 nitrogen and oxygen atoms in total. The fourth-order valence-corrected chi connectivity index (χ4v) is 2.79. The van der Waals surface area contributed by atoms with Crippen molar-refractivity contribution in [2.75, 3.05) is 19.8 Å². The molecule has 0 aliphatic heterocycles. The van der Waals surface area contributed by atoms with Gasteiger partial charge in [0, 0.05) is 22.0 Å². The summed E-state index contributed by atoms with van der Waals surface area (Å²) in [5.41, 5.74) is 7.96. The summed E-state index contributed by atoms with van der Waals surface area (Å²) in [6, 6.07) is 16.5. The lowest BCUT2D eigenvalue weighted by Gasteiger charge is -2.13. The van der Waals surface area contributed by atoms with Crippen LogP contribution in [0.2, 0.25) is 0 Å². The van der Waals surface area contributed by atoms with Gasteiger partial charge in [0.25, 0.3) is 0 Å². The van der Waals surface area contributed by atoms with E-state index in [1.807, 2.05) is 18.2 Å². The molecule has 0 unspecified atom stereocenters. The number of benzene rings is 2. The zero-order valence-corrected chi connectivity index (χ0v) is 11.6. The Kier molecular flexibility index (Phi) is 4.28. The molecule has 0 atom stereocenters. The van der Waals surface area contributed by atoms with Gasteiger partial charge in [-0.25, -0.2) is 0 Å². The molecule has 0 aromatic heterocycles. The van der Waals surface area contributed by atoms with Gasteiger partial charge in [-0.15, -0.1) is 0 Å². The highest BCUT2D eigenvalue weighted by molar-refractivity contribution is 7.99. The van der Waals surface area contributed by atoms with E-state index >= 15 is 0 Å². The van der Waals surface area contributed by atoms with Crippen LogP contribution in [-0.4, -0.2) is 19.0 Å². The van der Waals surface area contributed by atoms with E-state index in [1.54, 1.807) is 11.8 Å². The third kappa shape index (κ3) is 3.52. The molecule has 2 rings (SSSR count). The zero-order chi connectivity index (χ0) is 13.0.